The van der Waals surface area contributed by atoms with Crippen molar-refractivity contribution in [3.05, 3.63) is 64.1 Å². The molecule has 0 saturated carbocycles. The normalized spacial score (nSPS) is 14.1. The van der Waals surface area contributed by atoms with E-state index >= 15 is 0 Å². The Bertz CT molecular complexity index is 999. The molecule has 0 N–H and O–H groups in total. The van der Waals surface area contributed by atoms with E-state index in [-0.39, 0.29) is 22.9 Å². The molecule has 1 unspecified atom stereocenters. The number of hydrogen-bond acceptors (Lipinski definition) is 5. The first-order valence-corrected chi connectivity index (χ1v) is 12.4. The van der Waals surface area contributed by atoms with E-state index < -0.39 is 15.5 Å². The highest BCUT2D eigenvalue weighted by molar-refractivity contribution is 9.10. The molecule has 0 radical (unpaired) electrons. The van der Waals surface area contributed by atoms with E-state index in [0.29, 0.717) is 19.3 Å². The van der Waals surface area contributed by atoms with Gasteiger partial charge in [0.2, 0.25) is 0 Å². The minimum Gasteiger partial charge on any atom is -0.468 e. The maximum Gasteiger partial charge on any atom is 0.315 e. The number of benzene rings is 2. The third-order valence-electron chi connectivity index (χ3n) is 5.54. The molecule has 1 atom stereocenters. The van der Waals surface area contributed by atoms with E-state index in [2.05, 4.69) is 15.9 Å². The average molecular weight is 511 g/mol. The molecule has 0 aromatic heterocycles. The molecule has 0 heterocycles. The predicted molar refractivity (Wildman–Crippen MR) is 125 cm³/mol. The Morgan fingerprint density at radius 3 is 2.26 bits per heavy atom. The van der Waals surface area contributed by atoms with Crippen LogP contribution in [0.1, 0.15) is 51.2 Å². The van der Waals surface area contributed by atoms with Crippen LogP contribution in [0, 0.1) is 12.3 Å². The Labute approximate surface area is 194 Å². The number of aryl methyl sites for hydroxylation is 1. The van der Waals surface area contributed by atoms with Crippen molar-refractivity contribution in [2.24, 2.45) is 5.41 Å². The van der Waals surface area contributed by atoms with Gasteiger partial charge in [-0.05, 0) is 61.9 Å². The summed E-state index contributed by atoms with van der Waals surface area (Å²) in [6.45, 7) is 7.77. The van der Waals surface area contributed by atoms with Gasteiger partial charge in [-0.2, -0.15) is 8.42 Å². The number of halogens is 1. The smallest absolute Gasteiger partial charge is 0.315 e. The average Bonchev–Trinajstić information content (AvgIpc) is 2.72. The minimum atomic E-state index is -3.81. The molecule has 0 spiro atoms. The van der Waals surface area contributed by atoms with E-state index in [1.807, 2.05) is 52.0 Å². The number of carbonyl (C=O) groups excluding carboxylic acids is 1. The molecule has 2 aromatic carbocycles. The molecule has 0 fully saturated rings. The monoisotopic (exact) mass is 510 g/mol. The first-order valence-electron chi connectivity index (χ1n) is 10.2. The molecule has 2 aromatic rings. The van der Waals surface area contributed by atoms with Crippen LogP contribution in [-0.4, -0.2) is 28.1 Å². The van der Waals surface area contributed by atoms with E-state index in [4.69, 9.17) is 8.92 Å². The third-order valence-corrected chi connectivity index (χ3v) is 7.31. The van der Waals surface area contributed by atoms with Gasteiger partial charge in [-0.25, -0.2) is 0 Å². The molecule has 7 heteroatoms. The molecule has 0 aliphatic rings. The van der Waals surface area contributed by atoms with E-state index in [1.54, 1.807) is 24.3 Å². The number of methoxy groups -OCH3 is 1. The molecule has 0 saturated heterocycles. The summed E-state index contributed by atoms with van der Waals surface area (Å²) in [4.78, 5) is 12.8. The van der Waals surface area contributed by atoms with E-state index in [0.717, 1.165) is 15.6 Å². The van der Waals surface area contributed by atoms with Gasteiger partial charge in [0.25, 0.3) is 10.1 Å². The number of esters is 1. The predicted octanol–water partition coefficient (Wildman–Crippen LogP) is 5.79. The summed E-state index contributed by atoms with van der Waals surface area (Å²) in [5.41, 5.74) is 0.693. The minimum absolute atomic E-state index is 0.0645. The number of carbonyl (C=O) groups is 1. The van der Waals surface area contributed by atoms with Crippen LogP contribution in [0.5, 0.6) is 0 Å². The van der Waals surface area contributed by atoms with Crippen LogP contribution in [0.2, 0.25) is 0 Å². The zero-order valence-electron chi connectivity index (χ0n) is 18.8. The number of ether oxygens (including phenoxy) is 1. The second kappa shape index (κ2) is 10.3. The fraction of sp³-hybridized carbons (Fsp3) is 0.458. The summed E-state index contributed by atoms with van der Waals surface area (Å²) in [7, 11) is -2.41. The lowest BCUT2D eigenvalue weighted by Gasteiger charge is -2.30. The van der Waals surface area contributed by atoms with Crippen molar-refractivity contribution < 1.29 is 22.1 Å². The summed E-state index contributed by atoms with van der Waals surface area (Å²) >= 11 is 3.46. The fourth-order valence-electron chi connectivity index (χ4n) is 3.42. The SMILES string of the molecule is COC(=O)C(C)(CCCC(C)(C)COS(=O)(=O)c1ccc(C)cc1)c1cccc(Br)c1. The van der Waals surface area contributed by atoms with Crippen LogP contribution in [0.4, 0.5) is 0 Å². The maximum atomic E-state index is 12.6. The van der Waals surface area contributed by atoms with E-state index in [9.17, 15) is 13.2 Å². The van der Waals surface area contributed by atoms with Crippen LogP contribution in [0.25, 0.3) is 0 Å². The molecule has 0 aliphatic carbocycles. The van der Waals surface area contributed by atoms with E-state index in [1.165, 1.54) is 7.11 Å². The van der Waals surface area contributed by atoms with Gasteiger partial charge in [-0.15, -0.1) is 0 Å². The molecule has 170 valence electrons. The van der Waals surface area contributed by atoms with Crippen molar-refractivity contribution in [2.75, 3.05) is 13.7 Å². The van der Waals surface area contributed by atoms with Crippen molar-refractivity contribution in [1.82, 2.24) is 0 Å². The van der Waals surface area contributed by atoms with Gasteiger partial charge < -0.3 is 4.74 Å². The molecule has 5 nitrogen and oxygen atoms in total. The van der Waals surface area contributed by atoms with Gasteiger partial charge in [-0.1, -0.05) is 66.0 Å². The van der Waals surface area contributed by atoms with Gasteiger partial charge in [0.05, 0.1) is 24.0 Å². The molecule has 0 amide bonds. The summed E-state index contributed by atoms with van der Waals surface area (Å²) < 4.78 is 36.3. The topological polar surface area (TPSA) is 69.7 Å². The lowest BCUT2D eigenvalue weighted by atomic mass is 9.76. The quantitative estimate of drug-likeness (QED) is 0.298. The third kappa shape index (κ3) is 6.89. The molecule has 0 bridgehead atoms. The number of hydrogen-bond donors (Lipinski definition) is 0. The van der Waals surface area contributed by atoms with Crippen LogP contribution in [-0.2, 0) is 29.2 Å². The summed E-state index contributed by atoms with van der Waals surface area (Å²) in [6.07, 6.45) is 1.97. The first-order chi connectivity index (χ1) is 14.4. The highest BCUT2D eigenvalue weighted by Gasteiger charge is 2.36. The summed E-state index contributed by atoms with van der Waals surface area (Å²) in [5, 5.41) is 0. The largest absolute Gasteiger partial charge is 0.468 e. The second-order valence-corrected chi connectivity index (χ2v) is 11.4. The van der Waals surface area contributed by atoms with Gasteiger partial charge >= 0.3 is 5.97 Å². The van der Waals surface area contributed by atoms with Crippen LogP contribution in [0.3, 0.4) is 0 Å². The van der Waals surface area contributed by atoms with Gasteiger partial charge in [0, 0.05) is 4.47 Å². The Kier molecular flexibility index (Phi) is 8.47. The van der Waals surface area contributed by atoms with Gasteiger partial charge in [0.1, 0.15) is 0 Å². The molecule has 0 aliphatic heterocycles. The lowest BCUT2D eigenvalue weighted by molar-refractivity contribution is -0.147. The van der Waals surface area contributed by atoms with Crippen molar-refractivity contribution in [1.29, 1.82) is 0 Å². The lowest BCUT2D eigenvalue weighted by Crippen LogP contribution is -2.34. The molecule has 2 rings (SSSR count). The first kappa shape index (κ1) is 25.6. The van der Waals surface area contributed by atoms with Crippen molar-refractivity contribution in [2.45, 2.75) is 57.3 Å². The highest BCUT2D eigenvalue weighted by atomic mass is 79.9. The zero-order chi connectivity index (χ0) is 23.3. The van der Waals surface area contributed by atoms with Crippen LogP contribution < -0.4 is 0 Å². The highest BCUT2D eigenvalue weighted by Crippen LogP contribution is 2.35. The van der Waals surface area contributed by atoms with Gasteiger partial charge in [0.15, 0.2) is 0 Å². The molecular weight excluding hydrogens is 480 g/mol. The second-order valence-electron chi connectivity index (χ2n) is 8.88. The summed E-state index contributed by atoms with van der Waals surface area (Å²) in [5.74, 6) is -0.290. The van der Waals surface area contributed by atoms with Gasteiger partial charge in [-0.3, -0.25) is 8.98 Å². The van der Waals surface area contributed by atoms with Crippen molar-refractivity contribution >= 4 is 32.0 Å². The Morgan fingerprint density at radius 2 is 1.68 bits per heavy atom. The summed E-state index contributed by atoms with van der Waals surface area (Å²) in [6, 6.07) is 14.3. The molecule has 31 heavy (non-hydrogen) atoms. The van der Waals surface area contributed by atoms with Crippen molar-refractivity contribution in [3.8, 4) is 0 Å². The maximum absolute atomic E-state index is 12.6. The standard InChI is InChI=1S/C24H31BrO5S/c1-18-10-12-21(13-11-18)31(27,28)30-17-23(2,3)14-7-15-24(4,22(26)29-5)19-8-6-9-20(25)16-19/h6,8-13,16H,7,14-15,17H2,1-5H3. The fourth-order valence-corrected chi connectivity index (χ4v) is 4.90. The van der Waals surface area contributed by atoms with Crippen LogP contribution >= 0.6 is 15.9 Å². The Balaban J connectivity index is 2.02. The van der Waals surface area contributed by atoms with Crippen LogP contribution in [0.15, 0.2) is 57.9 Å². The number of rotatable bonds is 10. The Hall–Kier alpha value is -1.70. The Morgan fingerprint density at radius 1 is 1.03 bits per heavy atom. The molecular formula is C24H31BrO5S. The van der Waals surface area contributed by atoms with Crippen molar-refractivity contribution in [3.63, 3.8) is 0 Å². The zero-order valence-corrected chi connectivity index (χ0v) is 21.2.